The number of alkyl halides is 1. The summed E-state index contributed by atoms with van der Waals surface area (Å²) in [6.45, 7) is 6.23. The molecule has 0 saturated carbocycles. The predicted octanol–water partition coefficient (Wildman–Crippen LogP) is 2.96. The molecule has 1 aliphatic heterocycles. The SMILES string of the molecule is Cn1cc(-c2cn3nccc3c(N3CCC(F)(CNC(=O)OC(C)(C)C)CC3)n2)cn1. The highest BCUT2D eigenvalue weighted by molar-refractivity contribution is 5.73. The molecule has 0 aromatic carbocycles. The number of carbonyl (C=O) groups is 1. The van der Waals surface area contributed by atoms with E-state index in [0.29, 0.717) is 13.1 Å². The standard InChI is InChI=1S/C21H28FN7O2/c1-20(2,3)31-19(30)23-14-21(22)6-9-28(10-7-21)18-17-5-8-24-29(17)13-16(26-18)15-11-25-27(4)12-15/h5,8,11-13H,6-7,9-10,14H2,1-4H3,(H,23,30). The molecule has 4 rings (SSSR count). The first-order valence-corrected chi connectivity index (χ1v) is 10.4. The fourth-order valence-electron chi connectivity index (χ4n) is 3.68. The quantitative estimate of drug-likeness (QED) is 0.686. The molecule has 0 atom stereocenters. The second-order valence-corrected chi connectivity index (χ2v) is 9.01. The third-order valence-corrected chi connectivity index (χ3v) is 5.28. The minimum atomic E-state index is -1.48. The van der Waals surface area contributed by atoms with Gasteiger partial charge in [0, 0.05) is 44.7 Å². The van der Waals surface area contributed by atoms with Crippen molar-refractivity contribution in [3.8, 4) is 11.3 Å². The zero-order chi connectivity index (χ0) is 22.2. The van der Waals surface area contributed by atoms with Crippen LogP contribution in [0.5, 0.6) is 0 Å². The lowest BCUT2D eigenvalue weighted by Crippen LogP contribution is -2.49. The Hall–Kier alpha value is -3.17. The molecule has 166 valence electrons. The number of amides is 1. The normalized spacial score (nSPS) is 16.5. The molecule has 3 aromatic rings. The summed E-state index contributed by atoms with van der Waals surface area (Å²) < 4.78 is 24.0. The van der Waals surface area contributed by atoms with Crippen LogP contribution in [0.15, 0.2) is 30.9 Å². The van der Waals surface area contributed by atoms with Gasteiger partial charge in [-0.15, -0.1) is 0 Å². The van der Waals surface area contributed by atoms with E-state index in [-0.39, 0.29) is 19.4 Å². The van der Waals surface area contributed by atoms with Crippen molar-refractivity contribution in [2.24, 2.45) is 7.05 Å². The van der Waals surface area contributed by atoms with Crippen molar-refractivity contribution >= 4 is 17.4 Å². The second-order valence-electron chi connectivity index (χ2n) is 9.01. The van der Waals surface area contributed by atoms with Crippen LogP contribution in [-0.2, 0) is 11.8 Å². The summed E-state index contributed by atoms with van der Waals surface area (Å²) in [7, 11) is 1.85. The van der Waals surface area contributed by atoms with Crippen molar-refractivity contribution in [1.29, 1.82) is 0 Å². The molecule has 31 heavy (non-hydrogen) atoms. The average molecular weight is 430 g/mol. The Morgan fingerprint density at radius 3 is 2.65 bits per heavy atom. The Morgan fingerprint density at radius 2 is 2.00 bits per heavy atom. The van der Waals surface area contributed by atoms with Crippen LogP contribution in [0.4, 0.5) is 15.0 Å². The second kappa shape index (κ2) is 7.82. The summed E-state index contributed by atoms with van der Waals surface area (Å²) in [4.78, 5) is 18.8. The zero-order valence-electron chi connectivity index (χ0n) is 18.3. The van der Waals surface area contributed by atoms with E-state index in [1.807, 2.05) is 25.5 Å². The van der Waals surface area contributed by atoms with E-state index in [2.05, 4.69) is 20.4 Å². The first-order valence-electron chi connectivity index (χ1n) is 10.4. The lowest BCUT2D eigenvalue weighted by Gasteiger charge is -2.37. The molecule has 0 spiro atoms. The molecule has 1 N–H and O–H groups in total. The molecule has 10 heteroatoms. The van der Waals surface area contributed by atoms with E-state index in [0.717, 1.165) is 22.6 Å². The number of aryl methyl sites for hydroxylation is 1. The zero-order valence-corrected chi connectivity index (χ0v) is 18.3. The van der Waals surface area contributed by atoms with E-state index < -0.39 is 17.4 Å². The molecule has 3 aromatic heterocycles. The molecule has 4 heterocycles. The average Bonchev–Trinajstić information content (AvgIpc) is 3.34. The van der Waals surface area contributed by atoms with Crippen LogP contribution in [-0.4, -0.2) is 61.4 Å². The number of aromatic nitrogens is 5. The van der Waals surface area contributed by atoms with Gasteiger partial charge >= 0.3 is 6.09 Å². The maximum atomic E-state index is 15.3. The number of hydrogen-bond acceptors (Lipinski definition) is 6. The number of halogens is 1. The maximum absolute atomic E-state index is 15.3. The number of nitrogens with zero attached hydrogens (tertiary/aromatic N) is 6. The van der Waals surface area contributed by atoms with Crippen LogP contribution in [0, 0.1) is 0 Å². The van der Waals surface area contributed by atoms with Gasteiger partial charge in [0.25, 0.3) is 0 Å². The summed E-state index contributed by atoms with van der Waals surface area (Å²) in [5.41, 5.74) is 0.414. The Labute approximate surface area is 180 Å². The topological polar surface area (TPSA) is 89.6 Å². The smallest absolute Gasteiger partial charge is 0.407 e. The van der Waals surface area contributed by atoms with Crippen molar-refractivity contribution in [3.63, 3.8) is 0 Å². The molecule has 0 aliphatic carbocycles. The lowest BCUT2D eigenvalue weighted by atomic mass is 9.93. The van der Waals surface area contributed by atoms with E-state index in [1.54, 1.807) is 42.4 Å². The Kier molecular flexibility index (Phi) is 5.32. The molecular formula is C21H28FN7O2. The molecule has 1 fully saturated rings. The Balaban J connectivity index is 1.47. The van der Waals surface area contributed by atoms with Gasteiger partial charge in [0.05, 0.1) is 30.8 Å². The van der Waals surface area contributed by atoms with Crippen molar-refractivity contribution in [3.05, 3.63) is 30.9 Å². The molecular weight excluding hydrogens is 401 g/mol. The van der Waals surface area contributed by atoms with Gasteiger partial charge in [-0.3, -0.25) is 4.68 Å². The van der Waals surface area contributed by atoms with Crippen LogP contribution in [0.25, 0.3) is 16.8 Å². The lowest BCUT2D eigenvalue weighted by molar-refractivity contribution is 0.0453. The monoisotopic (exact) mass is 429 g/mol. The number of piperidine rings is 1. The third kappa shape index (κ3) is 4.78. The van der Waals surface area contributed by atoms with Gasteiger partial charge < -0.3 is 15.0 Å². The van der Waals surface area contributed by atoms with Crippen LogP contribution < -0.4 is 10.2 Å². The van der Waals surface area contributed by atoms with E-state index in [4.69, 9.17) is 9.72 Å². The molecule has 9 nitrogen and oxygen atoms in total. The summed E-state index contributed by atoms with van der Waals surface area (Å²) in [5, 5.41) is 11.1. The van der Waals surface area contributed by atoms with Crippen molar-refractivity contribution in [1.82, 2.24) is 29.7 Å². The number of fused-ring (bicyclic) bond motifs is 1. The summed E-state index contributed by atoms with van der Waals surface area (Å²) in [5.74, 6) is 0.765. The van der Waals surface area contributed by atoms with Crippen LogP contribution in [0.3, 0.4) is 0 Å². The van der Waals surface area contributed by atoms with Crippen molar-refractivity contribution in [2.45, 2.75) is 44.9 Å². The molecule has 1 amide bonds. The minimum absolute atomic E-state index is 0.0685. The number of rotatable bonds is 4. The van der Waals surface area contributed by atoms with E-state index in [1.165, 1.54) is 0 Å². The van der Waals surface area contributed by atoms with Crippen LogP contribution >= 0.6 is 0 Å². The molecule has 0 bridgehead atoms. The summed E-state index contributed by atoms with van der Waals surface area (Å²) in [6, 6.07) is 1.90. The van der Waals surface area contributed by atoms with Crippen LogP contribution in [0.2, 0.25) is 0 Å². The Morgan fingerprint density at radius 1 is 1.26 bits per heavy atom. The maximum Gasteiger partial charge on any atom is 0.407 e. The van der Waals surface area contributed by atoms with Gasteiger partial charge in [-0.1, -0.05) is 0 Å². The largest absolute Gasteiger partial charge is 0.444 e. The third-order valence-electron chi connectivity index (χ3n) is 5.28. The predicted molar refractivity (Wildman–Crippen MR) is 115 cm³/mol. The molecule has 0 radical (unpaired) electrons. The van der Waals surface area contributed by atoms with Gasteiger partial charge in [-0.2, -0.15) is 10.2 Å². The molecule has 1 aliphatic rings. The van der Waals surface area contributed by atoms with Crippen LogP contribution in [0.1, 0.15) is 33.6 Å². The molecule has 0 unspecified atom stereocenters. The highest BCUT2D eigenvalue weighted by atomic mass is 19.1. The van der Waals surface area contributed by atoms with Gasteiger partial charge in [0.1, 0.15) is 16.8 Å². The summed E-state index contributed by atoms with van der Waals surface area (Å²) >= 11 is 0. The first kappa shape index (κ1) is 21.1. The highest BCUT2D eigenvalue weighted by Gasteiger charge is 2.36. The van der Waals surface area contributed by atoms with Crippen molar-refractivity contribution in [2.75, 3.05) is 24.5 Å². The number of anilines is 1. The fraction of sp³-hybridized carbons (Fsp3) is 0.524. The minimum Gasteiger partial charge on any atom is -0.444 e. The highest BCUT2D eigenvalue weighted by Crippen LogP contribution is 2.31. The van der Waals surface area contributed by atoms with E-state index >= 15 is 4.39 Å². The van der Waals surface area contributed by atoms with Gasteiger partial charge in [-0.05, 0) is 26.8 Å². The van der Waals surface area contributed by atoms with E-state index in [9.17, 15) is 4.79 Å². The van der Waals surface area contributed by atoms with Gasteiger partial charge in [0.2, 0.25) is 0 Å². The first-order chi connectivity index (χ1) is 14.6. The number of carbonyl (C=O) groups excluding carboxylic acids is 1. The number of nitrogens with one attached hydrogen (secondary N) is 1. The number of hydrogen-bond donors (Lipinski definition) is 1. The fourth-order valence-corrected chi connectivity index (χ4v) is 3.68. The summed E-state index contributed by atoms with van der Waals surface area (Å²) in [6.07, 6.45) is 7.20. The van der Waals surface area contributed by atoms with Crippen molar-refractivity contribution < 1.29 is 13.9 Å². The molecule has 1 saturated heterocycles. The Bertz CT molecular complexity index is 1080. The van der Waals surface area contributed by atoms with Gasteiger partial charge in [0.15, 0.2) is 5.82 Å². The number of ether oxygens (including phenoxy) is 1. The van der Waals surface area contributed by atoms with Gasteiger partial charge in [-0.25, -0.2) is 18.7 Å². The number of alkyl carbamates (subject to hydrolysis) is 1.